The van der Waals surface area contributed by atoms with Crippen LogP contribution in [0.1, 0.15) is 45.4 Å². The quantitative estimate of drug-likeness (QED) is 0.713. The third kappa shape index (κ3) is 5.22. The Hall–Kier alpha value is -0.170. The van der Waals surface area contributed by atoms with Gasteiger partial charge in [0.15, 0.2) is 0 Å². The normalized spacial score (nSPS) is 26.2. The summed E-state index contributed by atoms with van der Waals surface area (Å²) in [4.78, 5) is 0. The Morgan fingerprint density at radius 1 is 1.28 bits per heavy atom. The fourth-order valence-corrected chi connectivity index (χ4v) is 3.55. The van der Waals surface area contributed by atoms with Gasteiger partial charge in [-0.05, 0) is 38.1 Å². The molecule has 1 saturated carbocycles. The summed E-state index contributed by atoms with van der Waals surface area (Å²) < 4.78 is 28.3. The molecule has 0 saturated heterocycles. The van der Waals surface area contributed by atoms with Crippen molar-refractivity contribution in [2.75, 3.05) is 20.1 Å². The number of rotatable bonds is 6. The molecule has 0 spiro atoms. The smallest absolute Gasteiger partial charge is 0.279 e. The number of nitrogens with zero attached hydrogens (tertiary/aromatic N) is 1. The minimum atomic E-state index is -3.34. The van der Waals surface area contributed by atoms with E-state index in [0.717, 1.165) is 31.6 Å². The molecular weight excluding hydrogens is 250 g/mol. The Bertz CT molecular complexity index is 332. The number of nitrogens with one attached hydrogen (secondary N) is 1. The Balaban J connectivity index is 2.48. The highest BCUT2D eigenvalue weighted by Crippen LogP contribution is 2.23. The van der Waals surface area contributed by atoms with Crippen LogP contribution < -0.4 is 10.5 Å². The van der Waals surface area contributed by atoms with Gasteiger partial charge in [-0.2, -0.15) is 17.4 Å². The lowest BCUT2D eigenvalue weighted by Crippen LogP contribution is -2.44. The maximum absolute atomic E-state index is 12.1. The average molecular weight is 277 g/mol. The van der Waals surface area contributed by atoms with E-state index in [9.17, 15) is 8.42 Å². The minimum absolute atomic E-state index is 0.0975. The predicted molar refractivity (Wildman–Crippen MR) is 74.4 cm³/mol. The van der Waals surface area contributed by atoms with Gasteiger partial charge in [-0.3, -0.25) is 0 Å². The molecule has 18 heavy (non-hydrogen) atoms. The molecule has 6 heteroatoms. The zero-order valence-corrected chi connectivity index (χ0v) is 12.4. The van der Waals surface area contributed by atoms with E-state index in [1.54, 1.807) is 7.05 Å². The van der Waals surface area contributed by atoms with E-state index in [2.05, 4.69) is 11.6 Å². The van der Waals surface area contributed by atoms with E-state index in [-0.39, 0.29) is 6.04 Å². The van der Waals surface area contributed by atoms with E-state index in [4.69, 9.17) is 5.73 Å². The number of nitrogens with two attached hydrogens (primary N) is 1. The topological polar surface area (TPSA) is 75.4 Å². The third-order valence-corrected chi connectivity index (χ3v) is 5.29. The first kappa shape index (κ1) is 15.9. The van der Waals surface area contributed by atoms with Crippen molar-refractivity contribution in [1.82, 2.24) is 9.03 Å². The Morgan fingerprint density at radius 2 is 2.00 bits per heavy atom. The van der Waals surface area contributed by atoms with Crippen molar-refractivity contribution in [3.63, 3.8) is 0 Å². The molecule has 0 aliphatic heterocycles. The summed E-state index contributed by atoms with van der Waals surface area (Å²) in [6.07, 6.45) is 6.03. The minimum Gasteiger partial charge on any atom is -0.330 e. The van der Waals surface area contributed by atoms with E-state index < -0.39 is 10.2 Å². The van der Waals surface area contributed by atoms with Crippen molar-refractivity contribution < 1.29 is 8.42 Å². The number of hydrogen-bond acceptors (Lipinski definition) is 3. The van der Waals surface area contributed by atoms with Gasteiger partial charge < -0.3 is 5.73 Å². The zero-order chi connectivity index (χ0) is 13.6. The van der Waals surface area contributed by atoms with Crippen LogP contribution in [0.25, 0.3) is 0 Å². The van der Waals surface area contributed by atoms with Gasteiger partial charge in [-0.25, -0.2) is 0 Å². The van der Waals surface area contributed by atoms with Crippen LogP contribution in [0.4, 0.5) is 0 Å². The molecule has 1 rings (SSSR count). The van der Waals surface area contributed by atoms with Crippen molar-refractivity contribution in [1.29, 1.82) is 0 Å². The Labute approximate surface area is 111 Å². The molecule has 1 aliphatic carbocycles. The summed E-state index contributed by atoms with van der Waals surface area (Å²) in [5.41, 5.74) is 5.40. The van der Waals surface area contributed by atoms with Crippen LogP contribution in [0.3, 0.4) is 0 Å². The fraction of sp³-hybridized carbons (Fsp3) is 1.00. The van der Waals surface area contributed by atoms with Crippen LogP contribution in [-0.2, 0) is 10.2 Å². The fourth-order valence-electron chi connectivity index (χ4n) is 2.34. The van der Waals surface area contributed by atoms with Gasteiger partial charge in [-0.1, -0.05) is 19.8 Å². The first-order chi connectivity index (χ1) is 8.45. The first-order valence-corrected chi connectivity index (χ1v) is 8.33. The summed E-state index contributed by atoms with van der Waals surface area (Å²) in [6.45, 7) is 3.24. The number of hydrogen-bond donors (Lipinski definition) is 2. The van der Waals surface area contributed by atoms with Gasteiger partial charge in [0, 0.05) is 19.6 Å². The van der Waals surface area contributed by atoms with Crippen molar-refractivity contribution in [3.8, 4) is 0 Å². The van der Waals surface area contributed by atoms with Crippen LogP contribution >= 0.6 is 0 Å². The first-order valence-electron chi connectivity index (χ1n) is 6.89. The molecule has 0 amide bonds. The second kappa shape index (κ2) is 7.43. The monoisotopic (exact) mass is 277 g/mol. The van der Waals surface area contributed by atoms with E-state index >= 15 is 0 Å². The lowest BCUT2D eigenvalue weighted by Gasteiger charge is -2.22. The summed E-state index contributed by atoms with van der Waals surface area (Å²) in [6, 6.07) is 0.0975. The largest absolute Gasteiger partial charge is 0.330 e. The Kier molecular flexibility index (Phi) is 6.55. The average Bonchev–Trinajstić information content (AvgIpc) is 2.51. The third-order valence-electron chi connectivity index (χ3n) is 3.66. The van der Waals surface area contributed by atoms with E-state index in [0.29, 0.717) is 19.5 Å². The van der Waals surface area contributed by atoms with Gasteiger partial charge in [-0.15, -0.1) is 0 Å². The van der Waals surface area contributed by atoms with E-state index in [1.165, 1.54) is 10.7 Å². The van der Waals surface area contributed by atoms with Crippen LogP contribution in [0.5, 0.6) is 0 Å². The van der Waals surface area contributed by atoms with Crippen LogP contribution in [0.2, 0.25) is 0 Å². The maximum atomic E-state index is 12.1. The lowest BCUT2D eigenvalue weighted by atomic mass is 10.0. The predicted octanol–water partition coefficient (Wildman–Crippen LogP) is 1.07. The molecule has 108 valence electrons. The van der Waals surface area contributed by atoms with Gasteiger partial charge in [0.1, 0.15) is 0 Å². The highest BCUT2D eigenvalue weighted by molar-refractivity contribution is 7.87. The molecule has 2 unspecified atom stereocenters. The summed E-state index contributed by atoms with van der Waals surface area (Å²) in [5, 5.41) is 0. The lowest BCUT2D eigenvalue weighted by molar-refractivity contribution is 0.429. The second-order valence-electron chi connectivity index (χ2n) is 5.40. The van der Waals surface area contributed by atoms with E-state index in [1.807, 2.05) is 0 Å². The standard InChI is InChI=1S/C12H27N3O2S/c1-11-5-3-6-12(8-7-11)14-18(16,17)15(2)10-4-9-13/h11-12,14H,3-10,13H2,1-2H3. The van der Waals surface area contributed by atoms with Gasteiger partial charge >= 0.3 is 0 Å². The summed E-state index contributed by atoms with van der Waals surface area (Å²) >= 11 is 0. The molecule has 1 aliphatic rings. The molecule has 0 aromatic heterocycles. The molecule has 1 fully saturated rings. The summed E-state index contributed by atoms with van der Waals surface area (Å²) in [7, 11) is -1.73. The van der Waals surface area contributed by atoms with Crippen LogP contribution in [0.15, 0.2) is 0 Å². The molecule has 0 bridgehead atoms. The SMILES string of the molecule is CC1CCCC(NS(=O)(=O)N(C)CCCN)CC1. The molecule has 3 N–H and O–H groups in total. The zero-order valence-electron chi connectivity index (χ0n) is 11.6. The molecule has 0 aromatic rings. The molecule has 0 aromatic carbocycles. The molecule has 5 nitrogen and oxygen atoms in total. The van der Waals surface area contributed by atoms with Crippen molar-refractivity contribution in [2.45, 2.75) is 51.5 Å². The van der Waals surface area contributed by atoms with Crippen molar-refractivity contribution in [2.24, 2.45) is 11.7 Å². The molecule has 2 atom stereocenters. The maximum Gasteiger partial charge on any atom is 0.279 e. The second-order valence-corrected chi connectivity index (χ2v) is 7.21. The van der Waals surface area contributed by atoms with Crippen LogP contribution in [0, 0.1) is 5.92 Å². The van der Waals surface area contributed by atoms with Crippen molar-refractivity contribution >= 4 is 10.2 Å². The Morgan fingerprint density at radius 3 is 2.67 bits per heavy atom. The molecule has 0 heterocycles. The van der Waals surface area contributed by atoms with Gasteiger partial charge in [0.25, 0.3) is 10.2 Å². The highest BCUT2D eigenvalue weighted by atomic mass is 32.2. The van der Waals surface area contributed by atoms with Crippen molar-refractivity contribution in [3.05, 3.63) is 0 Å². The highest BCUT2D eigenvalue weighted by Gasteiger charge is 2.23. The summed E-state index contributed by atoms with van der Waals surface area (Å²) in [5.74, 6) is 0.717. The van der Waals surface area contributed by atoms with Gasteiger partial charge in [0.2, 0.25) is 0 Å². The van der Waals surface area contributed by atoms with Crippen LogP contribution in [-0.4, -0.2) is 38.9 Å². The molecule has 0 radical (unpaired) electrons. The molecular formula is C12H27N3O2S. The van der Waals surface area contributed by atoms with Gasteiger partial charge in [0.05, 0.1) is 0 Å².